The van der Waals surface area contributed by atoms with Gasteiger partial charge in [0, 0.05) is 29.4 Å². The molecule has 0 N–H and O–H groups in total. The van der Waals surface area contributed by atoms with E-state index >= 15 is 0 Å². The van der Waals surface area contributed by atoms with Crippen molar-refractivity contribution in [2.75, 3.05) is 6.54 Å². The molecule has 3 aliphatic rings. The molecular formula is C20H20N4O2. The monoisotopic (exact) mass is 348 g/mol. The lowest BCUT2D eigenvalue weighted by atomic mass is 9.88. The molecule has 0 spiro atoms. The standard InChI is InChI=1S/C20H20N4O2/c25-20(14-3-1-13(2-4-14)19-22-12-26-23-19)24(17-7-8-17)18-6-5-15-10-21-11-16(15)9-18/h1-4,11-12,17-18H,5-10H2. The SMILES string of the molecule is O=C(c1ccc(-c2ncon2)cc1)N(C1CC1)C1CCC2=C(C=NC2)C1. The molecule has 132 valence electrons. The third-order valence-corrected chi connectivity index (χ3v) is 5.54. The Morgan fingerprint density at radius 3 is 2.69 bits per heavy atom. The van der Waals surface area contributed by atoms with Crippen molar-refractivity contribution >= 4 is 12.1 Å². The minimum Gasteiger partial charge on any atom is -0.342 e. The number of nitrogens with zero attached hydrogens (tertiary/aromatic N) is 4. The van der Waals surface area contributed by atoms with Crippen molar-refractivity contribution in [3.63, 3.8) is 0 Å². The van der Waals surface area contributed by atoms with Crippen LogP contribution < -0.4 is 0 Å². The molecule has 1 aromatic carbocycles. The van der Waals surface area contributed by atoms with Crippen LogP contribution in [-0.2, 0) is 0 Å². The number of rotatable bonds is 4. The van der Waals surface area contributed by atoms with Crippen molar-refractivity contribution < 1.29 is 9.32 Å². The van der Waals surface area contributed by atoms with Gasteiger partial charge in [0.25, 0.3) is 5.91 Å². The van der Waals surface area contributed by atoms with Crippen LogP contribution in [0, 0.1) is 0 Å². The van der Waals surface area contributed by atoms with Crippen molar-refractivity contribution in [3.8, 4) is 11.4 Å². The molecule has 1 amide bonds. The predicted molar refractivity (Wildman–Crippen MR) is 96.9 cm³/mol. The first kappa shape index (κ1) is 15.5. The number of carbonyl (C=O) groups excluding carboxylic acids is 1. The molecule has 6 heteroatoms. The molecule has 0 radical (unpaired) electrons. The Morgan fingerprint density at radius 2 is 1.96 bits per heavy atom. The summed E-state index contributed by atoms with van der Waals surface area (Å²) in [6, 6.07) is 8.19. The highest BCUT2D eigenvalue weighted by Gasteiger charge is 2.39. The Balaban J connectivity index is 1.38. The Labute approximate surface area is 151 Å². The molecule has 1 atom stereocenters. The van der Waals surface area contributed by atoms with E-state index in [1.54, 1.807) is 0 Å². The number of benzene rings is 1. The third kappa shape index (κ3) is 2.75. The molecule has 0 saturated heterocycles. The van der Waals surface area contributed by atoms with Gasteiger partial charge in [-0.2, -0.15) is 4.98 Å². The maximum Gasteiger partial charge on any atom is 0.254 e. The zero-order valence-corrected chi connectivity index (χ0v) is 14.5. The van der Waals surface area contributed by atoms with Crippen LogP contribution in [0.5, 0.6) is 0 Å². The molecule has 6 nitrogen and oxygen atoms in total. The highest BCUT2D eigenvalue weighted by Crippen LogP contribution is 2.37. The predicted octanol–water partition coefficient (Wildman–Crippen LogP) is 3.27. The van der Waals surface area contributed by atoms with Gasteiger partial charge in [-0.3, -0.25) is 9.79 Å². The maximum atomic E-state index is 13.2. The molecule has 1 fully saturated rings. The summed E-state index contributed by atoms with van der Waals surface area (Å²) in [5.74, 6) is 0.673. The van der Waals surface area contributed by atoms with Gasteiger partial charge >= 0.3 is 0 Å². The normalized spacial score (nSPS) is 21.8. The van der Waals surface area contributed by atoms with E-state index in [-0.39, 0.29) is 11.9 Å². The van der Waals surface area contributed by atoms with Gasteiger partial charge < -0.3 is 9.42 Å². The zero-order chi connectivity index (χ0) is 17.5. The summed E-state index contributed by atoms with van der Waals surface area (Å²) in [6.45, 7) is 0.858. The molecule has 1 aliphatic heterocycles. The van der Waals surface area contributed by atoms with E-state index in [0.29, 0.717) is 11.9 Å². The minimum atomic E-state index is 0.135. The second kappa shape index (κ2) is 6.20. The van der Waals surface area contributed by atoms with Crippen molar-refractivity contribution in [1.82, 2.24) is 15.0 Å². The van der Waals surface area contributed by atoms with E-state index in [1.807, 2.05) is 30.5 Å². The average molecular weight is 348 g/mol. The number of aliphatic imine (C=N–C) groups is 1. The van der Waals surface area contributed by atoms with Gasteiger partial charge in [0.1, 0.15) is 0 Å². The van der Waals surface area contributed by atoms with Crippen LogP contribution >= 0.6 is 0 Å². The van der Waals surface area contributed by atoms with Crippen LogP contribution in [-0.4, -0.2) is 45.8 Å². The number of carbonyl (C=O) groups is 1. The van der Waals surface area contributed by atoms with Crippen molar-refractivity contribution in [1.29, 1.82) is 0 Å². The fraction of sp³-hybridized carbons (Fsp3) is 0.400. The summed E-state index contributed by atoms with van der Waals surface area (Å²) in [6.07, 6.45) is 8.60. The number of hydrogen-bond acceptors (Lipinski definition) is 5. The maximum absolute atomic E-state index is 13.2. The second-order valence-electron chi connectivity index (χ2n) is 7.27. The lowest BCUT2D eigenvalue weighted by molar-refractivity contribution is 0.0645. The Hall–Kier alpha value is -2.76. The Morgan fingerprint density at radius 1 is 1.12 bits per heavy atom. The molecular weight excluding hydrogens is 328 g/mol. The Bertz CT molecular complexity index is 879. The van der Waals surface area contributed by atoms with Gasteiger partial charge in [-0.1, -0.05) is 17.3 Å². The van der Waals surface area contributed by atoms with Gasteiger partial charge in [-0.25, -0.2) is 0 Å². The lowest BCUT2D eigenvalue weighted by Gasteiger charge is -2.35. The zero-order valence-electron chi connectivity index (χ0n) is 14.5. The second-order valence-corrected chi connectivity index (χ2v) is 7.27. The van der Waals surface area contributed by atoms with Crippen LogP contribution in [0.15, 0.2) is 51.3 Å². The quantitative estimate of drug-likeness (QED) is 0.850. The number of hydrogen-bond donors (Lipinski definition) is 0. The average Bonchev–Trinajstić information content (AvgIpc) is 3.17. The third-order valence-electron chi connectivity index (χ3n) is 5.54. The van der Waals surface area contributed by atoms with Gasteiger partial charge in [-0.15, -0.1) is 0 Å². The first-order chi connectivity index (χ1) is 12.8. The molecule has 5 rings (SSSR count). The van der Waals surface area contributed by atoms with Crippen LogP contribution in [0.2, 0.25) is 0 Å². The van der Waals surface area contributed by atoms with Crippen LogP contribution in [0.3, 0.4) is 0 Å². The van der Waals surface area contributed by atoms with Gasteiger partial charge in [0.05, 0.1) is 6.54 Å². The number of aromatic nitrogens is 2. The number of amides is 1. The summed E-state index contributed by atoms with van der Waals surface area (Å²) in [4.78, 5) is 23.8. The first-order valence-corrected chi connectivity index (χ1v) is 9.20. The summed E-state index contributed by atoms with van der Waals surface area (Å²) in [5, 5.41) is 3.84. The fourth-order valence-corrected chi connectivity index (χ4v) is 4.02. The van der Waals surface area contributed by atoms with Crippen LogP contribution in [0.4, 0.5) is 0 Å². The van der Waals surface area contributed by atoms with Crippen LogP contribution in [0.1, 0.15) is 42.5 Å². The van der Waals surface area contributed by atoms with E-state index in [0.717, 1.165) is 49.8 Å². The Kier molecular flexibility index (Phi) is 3.69. The van der Waals surface area contributed by atoms with E-state index < -0.39 is 0 Å². The van der Waals surface area contributed by atoms with Crippen molar-refractivity contribution in [2.45, 2.75) is 44.2 Å². The molecule has 2 aliphatic carbocycles. The molecule has 2 aromatic rings. The first-order valence-electron chi connectivity index (χ1n) is 9.20. The molecule has 2 heterocycles. The van der Waals surface area contributed by atoms with E-state index in [1.165, 1.54) is 17.5 Å². The minimum absolute atomic E-state index is 0.135. The molecule has 26 heavy (non-hydrogen) atoms. The smallest absolute Gasteiger partial charge is 0.254 e. The van der Waals surface area contributed by atoms with Crippen molar-refractivity contribution in [3.05, 3.63) is 47.4 Å². The summed E-state index contributed by atoms with van der Waals surface area (Å²) < 4.78 is 4.79. The summed E-state index contributed by atoms with van der Waals surface area (Å²) in [5.41, 5.74) is 4.40. The topological polar surface area (TPSA) is 71.6 Å². The molecule has 1 unspecified atom stereocenters. The highest BCUT2D eigenvalue weighted by atomic mass is 16.5. The van der Waals surface area contributed by atoms with Crippen molar-refractivity contribution in [2.24, 2.45) is 4.99 Å². The van der Waals surface area contributed by atoms with Crippen LogP contribution in [0.25, 0.3) is 11.4 Å². The molecule has 0 bridgehead atoms. The van der Waals surface area contributed by atoms with Gasteiger partial charge in [-0.05, 0) is 55.4 Å². The van der Waals surface area contributed by atoms with Gasteiger partial charge in [0.2, 0.25) is 12.2 Å². The largest absolute Gasteiger partial charge is 0.342 e. The lowest BCUT2D eigenvalue weighted by Crippen LogP contribution is -2.43. The van der Waals surface area contributed by atoms with Gasteiger partial charge in [0.15, 0.2) is 0 Å². The molecule has 1 aromatic heterocycles. The fourth-order valence-electron chi connectivity index (χ4n) is 4.02. The van der Waals surface area contributed by atoms with E-state index in [9.17, 15) is 4.79 Å². The van der Waals surface area contributed by atoms with E-state index in [4.69, 9.17) is 4.52 Å². The van der Waals surface area contributed by atoms with E-state index in [2.05, 4.69) is 20.0 Å². The summed E-state index contributed by atoms with van der Waals surface area (Å²) in [7, 11) is 0. The summed E-state index contributed by atoms with van der Waals surface area (Å²) >= 11 is 0. The molecule has 1 saturated carbocycles. The highest BCUT2D eigenvalue weighted by molar-refractivity contribution is 5.95.